The van der Waals surface area contributed by atoms with Crippen LogP contribution in [0.25, 0.3) is 5.69 Å². The Balaban J connectivity index is 1.64. The van der Waals surface area contributed by atoms with Crippen LogP contribution < -0.4 is 5.32 Å². The van der Waals surface area contributed by atoms with Crippen molar-refractivity contribution in [3.05, 3.63) is 29.8 Å². The van der Waals surface area contributed by atoms with Crippen LogP contribution in [0.2, 0.25) is 0 Å². The van der Waals surface area contributed by atoms with Crippen LogP contribution in [0.3, 0.4) is 0 Å². The quantitative estimate of drug-likeness (QED) is 0.762. The molecular weight excluding hydrogens is 362 g/mol. The summed E-state index contributed by atoms with van der Waals surface area (Å²) in [7, 11) is -3.06. The largest absolute Gasteiger partial charge is 0.349 e. The van der Waals surface area contributed by atoms with Gasteiger partial charge in [0.2, 0.25) is 11.1 Å². The number of aromatic nitrogens is 4. The van der Waals surface area contributed by atoms with Gasteiger partial charge < -0.3 is 5.32 Å². The highest BCUT2D eigenvalue weighted by atomic mass is 32.2. The average Bonchev–Trinajstić information content (AvgIpc) is 3.09. The Morgan fingerprint density at radius 3 is 2.84 bits per heavy atom. The lowest BCUT2D eigenvalue weighted by Gasteiger charge is -2.23. The fourth-order valence-electron chi connectivity index (χ4n) is 2.83. The molecule has 1 fully saturated rings. The number of hydrogen-bond donors (Lipinski definition) is 1. The molecule has 1 saturated heterocycles. The fraction of sp³-hybridized carbons (Fsp3) is 0.467. The normalized spacial score (nSPS) is 22.0. The first-order chi connectivity index (χ1) is 11.8. The maximum absolute atomic E-state index is 12.2. The molecule has 8 nitrogen and oxygen atoms in total. The standard InChI is InChI=1S/C15H19N5O3S2/c1-11-5-3-4-6-12(11)20-14(17-18-19-20)24-9-13(21)16-15(2)7-8-25(22,23)10-15/h3-6H,7-10H2,1-2H3,(H,16,21)/t15-/m0/s1. The Kier molecular flexibility index (Phi) is 4.83. The van der Waals surface area contributed by atoms with Crippen molar-refractivity contribution in [3.8, 4) is 5.69 Å². The van der Waals surface area contributed by atoms with Crippen molar-refractivity contribution < 1.29 is 13.2 Å². The molecule has 1 atom stereocenters. The minimum absolute atomic E-state index is 0.0165. The molecule has 0 saturated carbocycles. The average molecular weight is 381 g/mol. The van der Waals surface area contributed by atoms with Crippen molar-refractivity contribution in [2.75, 3.05) is 17.3 Å². The van der Waals surface area contributed by atoms with Gasteiger partial charge in [-0.05, 0) is 42.3 Å². The van der Waals surface area contributed by atoms with Gasteiger partial charge in [-0.25, -0.2) is 8.42 Å². The van der Waals surface area contributed by atoms with Gasteiger partial charge in [-0.2, -0.15) is 4.68 Å². The number of carbonyl (C=O) groups is 1. The van der Waals surface area contributed by atoms with Crippen LogP contribution >= 0.6 is 11.8 Å². The van der Waals surface area contributed by atoms with Crippen LogP contribution in [0.1, 0.15) is 18.9 Å². The SMILES string of the molecule is Cc1ccccc1-n1nnnc1SCC(=O)N[C@@]1(C)CCS(=O)(=O)C1. The number of amides is 1. The van der Waals surface area contributed by atoms with Crippen LogP contribution in [0.5, 0.6) is 0 Å². The van der Waals surface area contributed by atoms with Crippen molar-refractivity contribution in [2.45, 2.75) is 31.0 Å². The summed E-state index contributed by atoms with van der Waals surface area (Å²) in [5.74, 6) is -0.0224. The molecule has 0 spiro atoms. The summed E-state index contributed by atoms with van der Waals surface area (Å²) in [6.45, 7) is 3.72. The third kappa shape index (κ3) is 4.18. The summed E-state index contributed by atoms with van der Waals surface area (Å²) in [6, 6.07) is 7.69. The van der Waals surface area contributed by atoms with Crippen molar-refractivity contribution in [1.29, 1.82) is 0 Å². The number of tetrazole rings is 1. The third-order valence-corrected chi connectivity index (χ3v) is 6.88. The van der Waals surface area contributed by atoms with E-state index in [1.165, 1.54) is 11.8 Å². The van der Waals surface area contributed by atoms with E-state index < -0.39 is 15.4 Å². The van der Waals surface area contributed by atoms with Crippen molar-refractivity contribution >= 4 is 27.5 Å². The molecule has 0 radical (unpaired) electrons. The molecule has 10 heteroatoms. The van der Waals surface area contributed by atoms with Crippen LogP contribution in [0.4, 0.5) is 0 Å². The number of thioether (sulfide) groups is 1. The van der Waals surface area contributed by atoms with Crippen LogP contribution in [0.15, 0.2) is 29.4 Å². The van der Waals surface area contributed by atoms with Crippen molar-refractivity contribution in [3.63, 3.8) is 0 Å². The van der Waals surface area contributed by atoms with E-state index in [0.29, 0.717) is 11.6 Å². The Morgan fingerprint density at radius 2 is 2.16 bits per heavy atom. The highest BCUT2D eigenvalue weighted by Gasteiger charge is 2.39. The molecule has 3 rings (SSSR count). The minimum atomic E-state index is -3.06. The van der Waals surface area contributed by atoms with Gasteiger partial charge in [0, 0.05) is 0 Å². The second kappa shape index (κ2) is 6.75. The first-order valence-electron chi connectivity index (χ1n) is 7.77. The number of benzene rings is 1. The number of nitrogens with zero attached hydrogens (tertiary/aromatic N) is 4. The van der Waals surface area contributed by atoms with E-state index >= 15 is 0 Å². The van der Waals surface area contributed by atoms with Gasteiger partial charge in [0.15, 0.2) is 9.84 Å². The van der Waals surface area contributed by atoms with Crippen LogP contribution in [-0.2, 0) is 14.6 Å². The summed E-state index contributed by atoms with van der Waals surface area (Å²) in [5, 5.41) is 15.0. The smallest absolute Gasteiger partial charge is 0.230 e. The lowest BCUT2D eigenvalue weighted by molar-refractivity contribution is -0.120. The predicted octanol–water partition coefficient (Wildman–Crippen LogP) is 0.756. The number of para-hydroxylation sites is 1. The van der Waals surface area contributed by atoms with E-state index in [1.54, 1.807) is 11.6 Å². The van der Waals surface area contributed by atoms with Crippen molar-refractivity contribution in [1.82, 2.24) is 25.5 Å². The first-order valence-corrected chi connectivity index (χ1v) is 10.6. The molecule has 0 unspecified atom stereocenters. The van der Waals surface area contributed by atoms with E-state index in [-0.39, 0.29) is 23.2 Å². The molecule has 1 aromatic heterocycles. The van der Waals surface area contributed by atoms with Gasteiger partial charge in [-0.1, -0.05) is 30.0 Å². The van der Waals surface area contributed by atoms with Gasteiger partial charge in [-0.3, -0.25) is 4.79 Å². The summed E-state index contributed by atoms with van der Waals surface area (Å²) in [5.41, 5.74) is 1.17. The van der Waals surface area contributed by atoms with E-state index in [0.717, 1.165) is 11.3 Å². The van der Waals surface area contributed by atoms with Gasteiger partial charge in [0.25, 0.3) is 0 Å². The molecule has 1 aromatic carbocycles. The van der Waals surface area contributed by atoms with Crippen molar-refractivity contribution in [2.24, 2.45) is 0 Å². The lowest BCUT2D eigenvalue weighted by atomic mass is 10.0. The Morgan fingerprint density at radius 1 is 1.40 bits per heavy atom. The van der Waals surface area contributed by atoms with E-state index in [2.05, 4.69) is 20.8 Å². The highest BCUT2D eigenvalue weighted by Crippen LogP contribution is 2.24. The molecule has 2 heterocycles. The topological polar surface area (TPSA) is 107 Å². The van der Waals surface area contributed by atoms with Gasteiger partial charge >= 0.3 is 0 Å². The van der Waals surface area contributed by atoms with Gasteiger partial charge in [0.05, 0.1) is 28.5 Å². The highest BCUT2D eigenvalue weighted by molar-refractivity contribution is 7.99. The lowest BCUT2D eigenvalue weighted by Crippen LogP contribution is -2.47. The maximum Gasteiger partial charge on any atom is 0.230 e. The first kappa shape index (κ1) is 17.9. The molecule has 2 aromatic rings. The number of aryl methyl sites for hydroxylation is 1. The number of sulfone groups is 1. The molecule has 0 aliphatic carbocycles. The van der Waals surface area contributed by atoms with Gasteiger partial charge in [0.1, 0.15) is 0 Å². The molecule has 1 N–H and O–H groups in total. The van der Waals surface area contributed by atoms with Crippen LogP contribution in [0, 0.1) is 6.92 Å². The molecular formula is C15H19N5O3S2. The molecule has 134 valence electrons. The minimum Gasteiger partial charge on any atom is -0.349 e. The second-order valence-corrected chi connectivity index (χ2v) is 9.53. The number of carbonyl (C=O) groups excluding carboxylic acids is 1. The Bertz CT molecular complexity index is 896. The fourth-order valence-corrected chi connectivity index (χ4v) is 5.61. The van der Waals surface area contributed by atoms with Gasteiger partial charge in [-0.15, -0.1) is 5.10 Å². The zero-order valence-corrected chi connectivity index (χ0v) is 15.6. The third-order valence-electron chi connectivity index (χ3n) is 4.06. The second-order valence-electron chi connectivity index (χ2n) is 6.40. The summed E-state index contributed by atoms with van der Waals surface area (Å²) < 4.78 is 24.8. The number of hydrogen-bond acceptors (Lipinski definition) is 7. The zero-order chi connectivity index (χ0) is 18.1. The van der Waals surface area contributed by atoms with E-state index in [9.17, 15) is 13.2 Å². The molecule has 25 heavy (non-hydrogen) atoms. The molecule has 1 aliphatic rings. The number of nitrogens with one attached hydrogen (secondary N) is 1. The zero-order valence-electron chi connectivity index (χ0n) is 14.0. The predicted molar refractivity (Wildman–Crippen MR) is 94.4 cm³/mol. The Labute approximate surface area is 150 Å². The molecule has 0 bridgehead atoms. The summed E-state index contributed by atoms with van der Waals surface area (Å²) in [6.07, 6.45) is 0.437. The molecule has 1 aliphatic heterocycles. The maximum atomic E-state index is 12.2. The Hall–Kier alpha value is -1.94. The summed E-state index contributed by atoms with van der Waals surface area (Å²) in [4.78, 5) is 12.2. The number of rotatable bonds is 5. The van der Waals surface area contributed by atoms with Crippen LogP contribution in [-0.4, -0.2) is 57.3 Å². The molecule has 1 amide bonds. The van der Waals surface area contributed by atoms with E-state index in [1.807, 2.05) is 31.2 Å². The monoisotopic (exact) mass is 381 g/mol. The summed E-state index contributed by atoms with van der Waals surface area (Å²) >= 11 is 1.21. The van der Waals surface area contributed by atoms with E-state index in [4.69, 9.17) is 0 Å².